The van der Waals surface area contributed by atoms with Crippen molar-refractivity contribution in [3.63, 3.8) is 0 Å². The largest absolute Gasteiger partial charge is 0.314 e. The molecule has 0 saturated carbocycles. The molecule has 1 aliphatic rings. The molecule has 1 aliphatic heterocycles. The quantitative estimate of drug-likeness (QED) is 0.732. The van der Waals surface area contributed by atoms with Crippen LogP contribution in [0.25, 0.3) is 10.8 Å². The van der Waals surface area contributed by atoms with Gasteiger partial charge >= 0.3 is 0 Å². The van der Waals surface area contributed by atoms with Crippen molar-refractivity contribution in [3.8, 4) is 0 Å². The molecule has 0 bridgehead atoms. The van der Waals surface area contributed by atoms with E-state index in [4.69, 9.17) is 23.2 Å². The lowest BCUT2D eigenvalue weighted by atomic mass is 9.94. The van der Waals surface area contributed by atoms with Gasteiger partial charge in [0.15, 0.2) is 0 Å². The summed E-state index contributed by atoms with van der Waals surface area (Å²) in [7, 11) is 0. The average molecular weight is 372 g/mol. The fourth-order valence-electron chi connectivity index (χ4n) is 3.51. The lowest BCUT2D eigenvalue weighted by Gasteiger charge is -2.35. The predicted octanol–water partition coefficient (Wildman–Crippen LogP) is 4.54. The second kappa shape index (κ2) is 7.30. The molecule has 3 nitrogen and oxygen atoms in total. The number of hydrogen-bond donors (Lipinski definition) is 1. The van der Waals surface area contributed by atoms with Crippen LogP contribution in [0.15, 0.2) is 54.9 Å². The fourth-order valence-corrected chi connectivity index (χ4v) is 3.82. The summed E-state index contributed by atoms with van der Waals surface area (Å²) in [6, 6.07) is 14.8. The molecule has 2 aromatic carbocycles. The van der Waals surface area contributed by atoms with Crippen LogP contribution in [-0.4, -0.2) is 36.1 Å². The van der Waals surface area contributed by atoms with Crippen LogP contribution in [0.4, 0.5) is 0 Å². The van der Waals surface area contributed by atoms with E-state index < -0.39 is 0 Å². The number of pyridine rings is 1. The van der Waals surface area contributed by atoms with Gasteiger partial charge in [-0.25, -0.2) is 0 Å². The number of rotatable bonds is 3. The summed E-state index contributed by atoms with van der Waals surface area (Å²) in [5, 5.41) is 6.97. The smallest absolute Gasteiger partial charge is 0.0603 e. The van der Waals surface area contributed by atoms with Crippen LogP contribution >= 0.6 is 23.2 Å². The highest BCUT2D eigenvalue weighted by atomic mass is 35.5. The minimum Gasteiger partial charge on any atom is -0.314 e. The maximum absolute atomic E-state index is 6.31. The molecule has 1 N–H and O–H groups in total. The molecule has 0 radical (unpaired) electrons. The van der Waals surface area contributed by atoms with Gasteiger partial charge in [-0.1, -0.05) is 41.4 Å². The molecule has 1 aromatic heterocycles. The van der Waals surface area contributed by atoms with Crippen LogP contribution in [0.2, 0.25) is 10.0 Å². The maximum Gasteiger partial charge on any atom is 0.0603 e. The first-order chi connectivity index (χ1) is 12.2. The van der Waals surface area contributed by atoms with Crippen molar-refractivity contribution in [1.82, 2.24) is 15.2 Å². The Bertz CT molecular complexity index is 891. The van der Waals surface area contributed by atoms with Crippen molar-refractivity contribution in [3.05, 3.63) is 76.0 Å². The lowest BCUT2D eigenvalue weighted by molar-refractivity contribution is 0.198. The van der Waals surface area contributed by atoms with E-state index in [1.807, 2.05) is 24.5 Å². The molecule has 1 saturated heterocycles. The summed E-state index contributed by atoms with van der Waals surface area (Å²) < 4.78 is 0. The molecule has 25 heavy (non-hydrogen) atoms. The third-order valence-electron chi connectivity index (χ3n) is 4.76. The average Bonchev–Trinajstić information content (AvgIpc) is 2.66. The monoisotopic (exact) mass is 371 g/mol. The minimum absolute atomic E-state index is 0.162. The number of benzene rings is 2. The predicted molar refractivity (Wildman–Crippen MR) is 104 cm³/mol. The Balaban J connectivity index is 1.81. The highest BCUT2D eigenvalue weighted by Gasteiger charge is 2.24. The maximum atomic E-state index is 6.31. The van der Waals surface area contributed by atoms with Gasteiger partial charge in [-0.3, -0.25) is 9.88 Å². The van der Waals surface area contributed by atoms with Crippen LogP contribution < -0.4 is 5.32 Å². The lowest BCUT2D eigenvalue weighted by Crippen LogP contribution is -2.45. The first-order valence-corrected chi connectivity index (χ1v) is 9.21. The molecule has 2 heterocycles. The van der Waals surface area contributed by atoms with Gasteiger partial charge in [-0.15, -0.1) is 0 Å². The summed E-state index contributed by atoms with van der Waals surface area (Å²) in [4.78, 5) is 6.70. The Hall–Kier alpha value is -1.65. The van der Waals surface area contributed by atoms with Gasteiger partial charge in [0.05, 0.1) is 16.1 Å². The van der Waals surface area contributed by atoms with Gasteiger partial charge in [0.25, 0.3) is 0 Å². The van der Waals surface area contributed by atoms with E-state index in [-0.39, 0.29) is 6.04 Å². The standard InChI is InChI=1S/C20H19Cl2N3/c21-18-4-3-16(12-19(18)22)20(25-9-7-23-8-10-25)15-1-2-17-13-24-6-5-14(17)11-15/h1-6,11-13,20,23H,7-10H2. The topological polar surface area (TPSA) is 28.2 Å². The molecular weight excluding hydrogens is 353 g/mol. The van der Waals surface area contributed by atoms with E-state index in [1.165, 1.54) is 16.5 Å². The number of piperazine rings is 1. The number of aromatic nitrogens is 1. The zero-order chi connectivity index (χ0) is 17.2. The van der Waals surface area contributed by atoms with Crippen LogP contribution in [0.3, 0.4) is 0 Å². The molecule has 3 aromatic rings. The summed E-state index contributed by atoms with van der Waals surface area (Å²) in [6.07, 6.45) is 3.74. The highest BCUT2D eigenvalue weighted by molar-refractivity contribution is 6.42. The van der Waals surface area contributed by atoms with Crippen molar-refractivity contribution < 1.29 is 0 Å². The van der Waals surface area contributed by atoms with Crippen LogP contribution in [0, 0.1) is 0 Å². The van der Waals surface area contributed by atoms with Crippen LogP contribution in [0.5, 0.6) is 0 Å². The Labute approximate surface area is 157 Å². The van der Waals surface area contributed by atoms with Crippen molar-refractivity contribution in [2.45, 2.75) is 6.04 Å². The fraction of sp³-hybridized carbons (Fsp3) is 0.250. The van der Waals surface area contributed by atoms with E-state index in [0.717, 1.165) is 31.6 Å². The summed E-state index contributed by atoms with van der Waals surface area (Å²) in [5.41, 5.74) is 2.43. The third kappa shape index (κ3) is 3.51. The summed E-state index contributed by atoms with van der Waals surface area (Å²) >= 11 is 12.4. The molecule has 1 atom stereocenters. The zero-order valence-corrected chi connectivity index (χ0v) is 15.3. The SMILES string of the molecule is Clc1ccc(C(c2ccc3cnccc3c2)N2CCNCC2)cc1Cl. The molecule has 0 spiro atoms. The molecule has 5 heteroatoms. The van der Waals surface area contributed by atoms with Crippen molar-refractivity contribution in [2.75, 3.05) is 26.2 Å². The minimum atomic E-state index is 0.162. The van der Waals surface area contributed by atoms with Gasteiger partial charge < -0.3 is 5.32 Å². The van der Waals surface area contributed by atoms with Gasteiger partial charge in [0.1, 0.15) is 0 Å². The highest BCUT2D eigenvalue weighted by Crippen LogP contribution is 2.34. The van der Waals surface area contributed by atoms with E-state index in [0.29, 0.717) is 10.0 Å². The van der Waals surface area contributed by atoms with Crippen molar-refractivity contribution >= 4 is 34.0 Å². The Morgan fingerprint density at radius 2 is 1.64 bits per heavy atom. The number of halogens is 2. The van der Waals surface area contributed by atoms with Gasteiger partial charge in [0, 0.05) is 44.0 Å². The van der Waals surface area contributed by atoms with Gasteiger partial charge in [-0.2, -0.15) is 0 Å². The third-order valence-corrected chi connectivity index (χ3v) is 5.50. The van der Waals surface area contributed by atoms with E-state index in [9.17, 15) is 0 Å². The zero-order valence-electron chi connectivity index (χ0n) is 13.8. The first kappa shape index (κ1) is 16.8. The van der Waals surface area contributed by atoms with Crippen molar-refractivity contribution in [2.24, 2.45) is 0 Å². The van der Waals surface area contributed by atoms with Gasteiger partial charge in [0.2, 0.25) is 0 Å². The first-order valence-electron chi connectivity index (χ1n) is 8.46. The number of hydrogen-bond acceptors (Lipinski definition) is 3. The summed E-state index contributed by atoms with van der Waals surface area (Å²) in [6.45, 7) is 3.99. The molecule has 4 rings (SSSR count). The van der Waals surface area contributed by atoms with E-state index >= 15 is 0 Å². The summed E-state index contributed by atoms with van der Waals surface area (Å²) in [5.74, 6) is 0. The Morgan fingerprint density at radius 1 is 0.880 bits per heavy atom. The van der Waals surface area contributed by atoms with Crippen LogP contribution in [0.1, 0.15) is 17.2 Å². The second-order valence-electron chi connectivity index (χ2n) is 6.34. The number of fused-ring (bicyclic) bond motifs is 1. The van der Waals surface area contributed by atoms with Crippen molar-refractivity contribution in [1.29, 1.82) is 0 Å². The number of nitrogens with one attached hydrogen (secondary N) is 1. The van der Waals surface area contributed by atoms with E-state index in [2.05, 4.69) is 45.5 Å². The molecule has 1 unspecified atom stereocenters. The molecule has 0 aliphatic carbocycles. The van der Waals surface area contributed by atoms with Crippen LogP contribution in [-0.2, 0) is 0 Å². The molecular formula is C20H19Cl2N3. The number of nitrogens with zero attached hydrogens (tertiary/aromatic N) is 2. The Morgan fingerprint density at radius 3 is 2.44 bits per heavy atom. The Kier molecular flexibility index (Phi) is 4.91. The van der Waals surface area contributed by atoms with Gasteiger partial charge in [-0.05, 0) is 40.8 Å². The molecule has 128 valence electrons. The second-order valence-corrected chi connectivity index (χ2v) is 7.16. The molecule has 1 fully saturated rings. The molecule has 0 amide bonds. The normalized spacial score (nSPS) is 16.9. The van der Waals surface area contributed by atoms with E-state index in [1.54, 1.807) is 0 Å².